The van der Waals surface area contributed by atoms with Gasteiger partial charge in [0.05, 0.1) is 12.3 Å². The van der Waals surface area contributed by atoms with Crippen molar-refractivity contribution < 1.29 is 9.53 Å². The third-order valence-corrected chi connectivity index (χ3v) is 3.65. The molecule has 0 atom stereocenters. The standard InChI is InChI=1S/C13H14N4O2S2/c1-3-19-12(18)10-11(15-13(20)14-2)21-17(16-10)9-7-5-4-6-8-9/h4-8H,3H2,1-2H3,(H,14,20)/b15-11-. The molecule has 0 saturated heterocycles. The first kappa shape index (κ1) is 15.3. The lowest BCUT2D eigenvalue weighted by Gasteiger charge is -1.98. The molecular formula is C13H14N4O2S2. The number of aromatic nitrogens is 2. The molecule has 0 spiro atoms. The number of carbonyl (C=O) groups is 1. The fourth-order valence-electron chi connectivity index (χ4n) is 1.49. The summed E-state index contributed by atoms with van der Waals surface area (Å²) >= 11 is 6.23. The Morgan fingerprint density at radius 3 is 2.81 bits per heavy atom. The summed E-state index contributed by atoms with van der Waals surface area (Å²) in [4.78, 5) is 16.1. The van der Waals surface area contributed by atoms with Gasteiger partial charge in [-0.3, -0.25) is 0 Å². The zero-order valence-corrected chi connectivity index (χ0v) is 13.2. The van der Waals surface area contributed by atoms with Crippen molar-refractivity contribution in [3.63, 3.8) is 0 Å². The van der Waals surface area contributed by atoms with E-state index in [-0.39, 0.29) is 17.4 Å². The van der Waals surface area contributed by atoms with Crippen LogP contribution >= 0.6 is 23.8 Å². The Balaban J connectivity index is 2.52. The maximum absolute atomic E-state index is 12.0. The number of para-hydroxylation sites is 1. The summed E-state index contributed by atoms with van der Waals surface area (Å²) < 4.78 is 7.03. The zero-order chi connectivity index (χ0) is 15.2. The third kappa shape index (κ3) is 3.73. The van der Waals surface area contributed by atoms with Crippen LogP contribution in [0.1, 0.15) is 17.4 Å². The van der Waals surface area contributed by atoms with E-state index in [9.17, 15) is 4.79 Å². The highest BCUT2D eigenvalue weighted by atomic mass is 32.1. The molecule has 2 rings (SSSR count). The number of hydrogen-bond donors (Lipinski definition) is 1. The third-order valence-electron chi connectivity index (χ3n) is 2.43. The van der Waals surface area contributed by atoms with Crippen LogP contribution in [0, 0.1) is 0 Å². The van der Waals surface area contributed by atoms with Crippen LogP contribution in [0.25, 0.3) is 5.69 Å². The van der Waals surface area contributed by atoms with Crippen molar-refractivity contribution in [2.24, 2.45) is 4.99 Å². The second-order valence-corrected chi connectivity index (χ2v) is 5.14. The molecule has 0 bridgehead atoms. The highest BCUT2D eigenvalue weighted by Crippen LogP contribution is 2.08. The van der Waals surface area contributed by atoms with Gasteiger partial charge in [0.15, 0.2) is 9.78 Å². The largest absolute Gasteiger partial charge is 0.461 e. The first-order valence-corrected chi connectivity index (χ1v) is 7.43. The van der Waals surface area contributed by atoms with Gasteiger partial charge in [-0.25, -0.2) is 9.79 Å². The molecule has 2 aromatic rings. The Morgan fingerprint density at radius 2 is 2.19 bits per heavy atom. The van der Waals surface area contributed by atoms with Gasteiger partial charge in [-0.05, 0) is 42.8 Å². The van der Waals surface area contributed by atoms with Crippen LogP contribution in [0.5, 0.6) is 0 Å². The summed E-state index contributed by atoms with van der Waals surface area (Å²) in [5.41, 5.74) is 0.994. The number of esters is 1. The van der Waals surface area contributed by atoms with Crippen LogP contribution in [0.3, 0.4) is 0 Å². The molecule has 0 unspecified atom stereocenters. The molecule has 1 N–H and O–H groups in total. The number of carbonyl (C=O) groups excluding carboxylic acids is 1. The van der Waals surface area contributed by atoms with E-state index in [1.807, 2.05) is 30.3 Å². The highest BCUT2D eigenvalue weighted by Gasteiger charge is 2.17. The van der Waals surface area contributed by atoms with Gasteiger partial charge in [0.1, 0.15) is 0 Å². The minimum absolute atomic E-state index is 0.156. The molecule has 0 amide bonds. The molecule has 0 saturated carbocycles. The van der Waals surface area contributed by atoms with Gasteiger partial charge >= 0.3 is 5.97 Å². The van der Waals surface area contributed by atoms with E-state index in [0.717, 1.165) is 5.69 Å². The van der Waals surface area contributed by atoms with Crippen molar-refractivity contribution in [2.75, 3.05) is 13.7 Å². The zero-order valence-electron chi connectivity index (χ0n) is 11.6. The van der Waals surface area contributed by atoms with Crippen LogP contribution in [0.15, 0.2) is 35.3 Å². The molecule has 0 aliphatic carbocycles. The summed E-state index contributed by atoms with van der Waals surface area (Å²) in [5, 5.41) is 7.29. The number of rotatable bonds is 3. The van der Waals surface area contributed by atoms with Gasteiger partial charge in [-0.2, -0.15) is 4.07 Å². The molecule has 1 heterocycles. The van der Waals surface area contributed by atoms with Gasteiger partial charge < -0.3 is 10.1 Å². The van der Waals surface area contributed by atoms with E-state index in [0.29, 0.717) is 4.67 Å². The monoisotopic (exact) mass is 322 g/mol. The molecule has 1 aromatic carbocycles. The Labute approximate surface area is 131 Å². The summed E-state index contributed by atoms with van der Waals surface area (Å²) in [7, 11) is 1.67. The quantitative estimate of drug-likeness (QED) is 0.685. The summed E-state index contributed by atoms with van der Waals surface area (Å²) in [6.45, 7) is 2.02. The highest BCUT2D eigenvalue weighted by molar-refractivity contribution is 7.80. The molecule has 21 heavy (non-hydrogen) atoms. The lowest BCUT2D eigenvalue weighted by molar-refractivity contribution is 0.0517. The van der Waals surface area contributed by atoms with Crippen molar-refractivity contribution in [2.45, 2.75) is 6.92 Å². The molecule has 8 heteroatoms. The van der Waals surface area contributed by atoms with Crippen molar-refractivity contribution in [1.29, 1.82) is 0 Å². The first-order valence-electron chi connectivity index (χ1n) is 6.25. The summed E-state index contributed by atoms with van der Waals surface area (Å²) in [6.07, 6.45) is 0. The van der Waals surface area contributed by atoms with Crippen LogP contribution < -0.4 is 9.99 Å². The van der Waals surface area contributed by atoms with Gasteiger partial charge in [-0.1, -0.05) is 18.2 Å². The number of thiocarbonyl (C=S) groups is 1. The smallest absolute Gasteiger partial charge is 0.362 e. The Hall–Kier alpha value is -2.06. The van der Waals surface area contributed by atoms with E-state index in [2.05, 4.69) is 15.4 Å². The second kappa shape index (κ2) is 7.09. The van der Waals surface area contributed by atoms with E-state index >= 15 is 0 Å². The normalized spacial score (nSPS) is 11.2. The average molecular weight is 322 g/mol. The molecule has 0 fully saturated rings. The van der Waals surface area contributed by atoms with Gasteiger partial charge in [0.25, 0.3) is 0 Å². The van der Waals surface area contributed by atoms with Crippen molar-refractivity contribution in [3.05, 3.63) is 40.7 Å². The topological polar surface area (TPSA) is 68.5 Å². The van der Waals surface area contributed by atoms with Crippen molar-refractivity contribution in [3.8, 4) is 5.69 Å². The molecule has 0 aliphatic rings. The second-order valence-electron chi connectivity index (χ2n) is 3.84. The number of benzene rings is 1. The van der Waals surface area contributed by atoms with Gasteiger partial charge in [-0.15, -0.1) is 5.10 Å². The number of nitrogens with zero attached hydrogens (tertiary/aromatic N) is 3. The van der Waals surface area contributed by atoms with E-state index < -0.39 is 5.97 Å². The molecule has 1 aromatic heterocycles. The fourth-order valence-corrected chi connectivity index (χ4v) is 2.50. The van der Waals surface area contributed by atoms with Crippen molar-refractivity contribution >= 4 is 34.8 Å². The number of ether oxygens (including phenoxy) is 1. The van der Waals surface area contributed by atoms with Crippen LogP contribution in [0.4, 0.5) is 0 Å². The fraction of sp³-hybridized carbons (Fsp3) is 0.231. The average Bonchev–Trinajstić information content (AvgIpc) is 2.92. The molecular weight excluding hydrogens is 308 g/mol. The lowest BCUT2D eigenvalue weighted by Crippen LogP contribution is -2.20. The van der Waals surface area contributed by atoms with Crippen molar-refractivity contribution in [1.82, 2.24) is 14.5 Å². The summed E-state index contributed by atoms with van der Waals surface area (Å²) in [5.74, 6) is -0.513. The number of hydrogen-bond acceptors (Lipinski definition) is 5. The Kier molecular flexibility index (Phi) is 5.18. The number of nitrogens with one attached hydrogen (secondary N) is 1. The van der Waals surface area contributed by atoms with E-state index in [1.54, 1.807) is 18.0 Å². The molecule has 0 radical (unpaired) electrons. The first-order chi connectivity index (χ1) is 10.2. The minimum Gasteiger partial charge on any atom is -0.461 e. The minimum atomic E-state index is -0.513. The maximum Gasteiger partial charge on any atom is 0.362 e. The Morgan fingerprint density at radius 1 is 1.48 bits per heavy atom. The summed E-state index contributed by atoms with van der Waals surface area (Å²) in [6, 6.07) is 9.47. The predicted molar refractivity (Wildman–Crippen MR) is 84.6 cm³/mol. The van der Waals surface area contributed by atoms with Gasteiger partial charge in [0, 0.05) is 7.05 Å². The Bertz CT molecular complexity index is 706. The SMILES string of the molecule is CCOC(=O)c1nn(-c2ccccc2)s/c1=N\C(=S)NC. The molecule has 0 aliphatic heterocycles. The predicted octanol–water partition coefficient (Wildman–Crippen LogP) is 1.52. The van der Waals surface area contributed by atoms with E-state index in [1.165, 1.54) is 11.5 Å². The molecule has 110 valence electrons. The lowest BCUT2D eigenvalue weighted by atomic mass is 10.3. The van der Waals surface area contributed by atoms with Crippen LogP contribution in [-0.2, 0) is 4.74 Å². The van der Waals surface area contributed by atoms with Crippen LogP contribution in [-0.4, -0.2) is 33.9 Å². The molecule has 6 nitrogen and oxygen atoms in total. The van der Waals surface area contributed by atoms with Crippen LogP contribution in [0.2, 0.25) is 0 Å². The van der Waals surface area contributed by atoms with Gasteiger partial charge in [0.2, 0.25) is 5.69 Å². The maximum atomic E-state index is 12.0. The van der Waals surface area contributed by atoms with E-state index in [4.69, 9.17) is 17.0 Å².